The molecule has 4 heteroatoms. The van der Waals surface area contributed by atoms with Gasteiger partial charge in [-0.25, -0.2) is 0 Å². The second kappa shape index (κ2) is 8.88. The van der Waals surface area contributed by atoms with Gasteiger partial charge in [0.25, 0.3) is 0 Å². The Morgan fingerprint density at radius 3 is 2.00 bits per heavy atom. The number of benzene rings is 1. The van der Waals surface area contributed by atoms with Crippen LogP contribution in [0.4, 0.5) is 0 Å². The third kappa shape index (κ3) is 4.05. The van der Waals surface area contributed by atoms with Crippen LogP contribution in [-0.4, -0.2) is 20.7 Å². The summed E-state index contributed by atoms with van der Waals surface area (Å²) in [6.07, 6.45) is 7.02. The first-order valence-electron chi connectivity index (χ1n) is 10.7. The minimum absolute atomic E-state index is 0.110. The predicted octanol–water partition coefficient (Wildman–Crippen LogP) is 5.76. The molecule has 0 amide bonds. The van der Waals surface area contributed by atoms with Gasteiger partial charge in [-0.2, -0.15) is 0 Å². The van der Waals surface area contributed by atoms with Crippen molar-refractivity contribution in [3.05, 3.63) is 94.6 Å². The molecule has 0 saturated carbocycles. The fourth-order valence-electron chi connectivity index (χ4n) is 4.75. The maximum atomic E-state index is 12.3. The van der Waals surface area contributed by atoms with Crippen LogP contribution in [0.1, 0.15) is 76.7 Å². The van der Waals surface area contributed by atoms with Gasteiger partial charge in [-0.05, 0) is 68.9 Å². The zero-order valence-electron chi connectivity index (χ0n) is 18.0. The lowest BCUT2D eigenvalue weighted by atomic mass is 9.88. The van der Waals surface area contributed by atoms with Gasteiger partial charge >= 0.3 is 0 Å². The standard InChI is InChI=1S/C26H29N3O/c1-18-9-7-15-27-25(18)23-13-6-14-24(26-19(2)10-8-16-28-26)29(23)17-21-11-4-5-12-22(21)20(3)30/h4-5,7-12,15-16,23-24H,6,13-14,17H2,1-3H3. The number of carbonyl (C=O) groups excluding carboxylic acids is 1. The fraction of sp³-hybridized carbons (Fsp3) is 0.346. The van der Waals surface area contributed by atoms with Gasteiger partial charge in [-0.3, -0.25) is 19.7 Å². The number of carbonyl (C=O) groups is 1. The van der Waals surface area contributed by atoms with Crippen molar-refractivity contribution in [2.75, 3.05) is 0 Å². The molecule has 0 radical (unpaired) electrons. The van der Waals surface area contributed by atoms with E-state index >= 15 is 0 Å². The summed E-state index contributed by atoms with van der Waals surface area (Å²) in [4.78, 5) is 24.3. The number of pyridine rings is 2. The highest BCUT2D eigenvalue weighted by Gasteiger charge is 2.35. The molecule has 1 aliphatic rings. The molecular formula is C26H29N3O. The predicted molar refractivity (Wildman–Crippen MR) is 119 cm³/mol. The van der Waals surface area contributed by atoms with Gasteiger partial charge in [0.2, 0.25) is 0 Å². The number of rotatable bonds is 5. The van der Waals surface area contributed by atoms with Gasteiger partial charge in [0.05, 0.1) is 23.5 Å². The molecule has 2 unspecified atom stereocenters. The van der Waals surface area contributed by atoms with Gasteiger partial charge in [0.1, 0.15) is 0 Å². The summed E-state index contributed by atoms with van der Waals surface area (Å²) < 4.78 is 0. The summed E-state index contributed by atoms with van der Waals surface area (Å²) in [5.41, 5.74) is 6.57. The lowest BCUT2D eigenvalue weighted by molar-refractivity contribution is 0.0673. The van der Waals surface area contributed by atoms with E-state index in [0.29, 0.717) is 6.54 Å². The Morgan fingerprint density at radius 1 is 0.900 bits per heavy atom. The quantitative estimate of drug-likeness (QED) is 0.511. The van der Waals surface area contributed by atoms with Crippen molar-refractivity contribution in [3.63, 3.8) is 0 Å². The second-order valence-corrected chi connectivity index (χ2v) is 8.26. The maximum absolute atomic E-state index is 12.3. The SMILES string of the molecule is CC(=O)c1ccccc1CN1C(c2ncccc2C)CCCC1c1ncccc1C. The zero-order valence-corrected chi connectivity index (χ0v) is 18.0. The van der Waals surface area contributed by atoms with Crippen molar-refractivity contribution in [2.24, 2.45) is 0 Å². The molecule has 1 aliphatic heterocycles. The van der Waals surface area contributed by atoms with Crippen LogP contribution >= 0.6 is 0 Å². The first-order valence-corrected chi connectivity index (χ1v) is 10.7. The highest BCUT2D eigenvalue weighted by Crippen LogP contribution is 2.43. The van der Waals surface area contributed by atoms with Crippen LogP contribution in [0.3, 0.4) is 0 Å². The van der Waals surface area contributed by atoms with Crippen LogP contribution in [-0.2, 0) is 6.54 Å². The van der Waals surface area contributed by atoms with Gasteiger partial charge in [-0.15, -0.1) is 0 Å². The van der Waals surface area contributed by atoms with Crippen LogP contribution in [0, 0.1) is 13.8 Å². The van der Waals surface area contributed by atoms with Crippen molar-refractivity contribution in [1.82, 2.24) is 14.9 Å². The van der Waals surface area contributed by atoms with E-state index in [1.54, 1.807) is 6.92 Å². The van der Waals surface area contributed by atoms with Crippen LogP contribution < -0.4 is 0 Å². The van der Waals surface area contributed by atoms with Gasteiger partial charge < -0.3 is 0 Å². The van der Waals surface area contributed by atoms with E-state index in [4.69, 9.17) is 9.97 Å². The Morgan fingerprint density at radius 2 is 1.47 bits per heavy atom. The molecule has 30 heavy (non-hydrogen) atoms. The number of aromatic nitrogens is 2. The van der Waals surface area contributed by atoms with E-state index in [2.05, 4.69) is 36.9 Å². The van der Waals surface area contributed by atoms with Gasteiger partial charge in [0, 0.05) is 24.5 Å². The zero-order chi connectivity index (χ0) is 21.1. The van der Waals surface area contributed by atoms with Crippen molar-refractivity contribution >= 4 is 5.78 Å². The van der Waals surface area contributed by atoms with Crippen LogP contribution in [0.15, 0.2) is 60.9 Å². The van der Waals surface area contributed by atoms with E-state index < -0.39 is 0 Å². The van der Waals surface area contributed by atoms with Crippen LogP contribution in [0.5, 0.6) is 0 Å². The molecule has 1 saturated heterocycles. The molecule has 0 N–H and O–H groups in total. The fourth-order valence-corrected chi connectivity index (χ4v) is 4.75. The Bertz CT molecular complexity index is 992. The normalized spacial score (nSPS) is 19.6. The molecule has 0 spiro atoms. The highest BCUT2D eigenvalue weighted by atomic mass is 16.1. The van der Waals surface area contributed by atoms with Gasteiger partial charge in [-0.1, -0.05) is 36.4 Å². The van der Waals surface area contributed by atoms with Crippen LogP contribution in [0.2, 0.25) is 0 Å². The Hall–Kier alpha value is -2.85. The van der Waals surface area contributed by atoms with Crippen molar-refractivity contribution < 1.29 is 4.79 Å². The molecule has 4 nitrogen and oxygen atoms in total. The van der Waals surface area contributed by atoms with Gasteiger partial charge in [0.15, 0.2) is 5.78 Å². The molecule has 154 valence electrons. The monoisotopic (exact) mass is 399 g/mol. The highest BCUT2D eigenvalue weighted by molar-refractivity contribution is 5.95. The second-order valence-electron chi connectivity index (χ2n) is 8.26. The lowest BCUT2D eigenvalue weighted by Gasteiger charge is -2.42. The number of Topliss-reactive ketones (excluding diaryl/α,β-unsaturated/α-hetero) is 1. The summed E-state index contributed by atoms with van der Waals surface area (Å²) in [7, 11) is 0. The molecule has 0 bridgehead atoms. The molecule has 2 atom stereocenters. The summed E-state index contributed by atoms with van der Waals surface area (Å²) >= 11 is 0. The summed E-state index contributed by atoms with van der Waals surface area (Å²) in [5.74, 6) is 0.110. The Balaban J connectivity index is 1.80. The number of nitrogens with zero attached hydrogens (tertiary/aromatic N) is 3. The number of aryl methyl sites for hydroxylation is 2. The smallest absolute Gasteiger partial charge is 0.160 e. The Labute approximate surface area is 179 Å². The maximum Gasteiger partial charge on any atom is 0.160 e. The summed E-state index contributed by atoms with van der Waals surface area (Å²) in [6, 6.07) is 16.6. The third-order valence-electron chi connectivity index (χ3n) is 6.24. The van der Waals surface area contributed by atoms with Crippen LogP contribution in [0.25, 0.3) is 0 Å². The summed E-state index contributed by atoms with van der Waals surface area (Å²) in [5, 5.41) is 0. The minimum atomic E-state index is 0.110. The molecule has 1 fully saturated rings. The van der Waals surface area contributed by atoms with Crippen molar-refractivity contribution in [1.29, 1.82) is 0 Å². The van der Waals surface area contributed by atoms with Crippen molar-refractivity contribution in [2.45, 2.75) is 58.7 Å². The number of hydrogen-bond donors (Lipinski definition) is 0. The van der Waals surface area contributed by atoms with E-state index in [1.165, 1.54) is 11.1 Å². The molecule has 3 aromatic rings. The first kappa shape index (κ1) is 20.4. The average molecular weight is 400 g/mol. The molecule has 0 aliphatic carbocycles. The van der Waals surface area contributed by atoms with Crippen molar-refractivity contribution in [3.8, 4) is 0 Å². The number of hydrogen-bond acceptors (Lipinski definition) is 4. The number of ketones is 1. The average Bonchev–Trinajstić information content (AvgIpc) is 2.75. The Kier molecular flexibility index (Phi) is 6.05. The summed E-state index contributed by atoms with van der Waals surface area (Å²) in [6.45, 7) is 6.63. The molecule has 2 aromatic heterocycles. The van der Waals surface area contributed by atoms with E-state index in [-0.39, 0.29) is 17.9 Å². The van der Waals surface area contributed by atoms with E-state index in [9.17, 15) is 4.79 Å². The molecule has 1 aromatic carbocycles. The lowest BCUT2D eigenvalue weighted by Crippen LogP contribution is -2.37. The third-order valence-corrected chi connectivity index (χ3v) is 6.24. The molecular weight excluding hydrogens is 370 g/mol. The molecule has 4 rings (SSSR count). The van der Waals surface area contributed by atoms with E-state index in [1.807, 2.05) is 42.7 Å². The first-order chi connectivity index (χ1) is 14.6. The number of likely N-dealkylation sites (tertiary alicyclic amines) is 1. The molecule has 3 heterocycles. The largest absolute Gasteiger partial charge is 0.295 e. The van der Waals surface area contributed by atoms with E-state index in [0.717, 1.165) is 41.8 Å². The topological polar surface area (TPSA) is 46.1 Å². The number of piperidine rings is 1. The minimum Gasteiger partial charge on any atom is -0.295 e.